The first-order valence-electron chi connectivity index (χ1n) is 4.26. The molecule has 3 aliphatic rings. The fraction of sp³-hybridized carbons (Fsp3) is 1.00. The minimum absolute atomic E-state index is 0.659. The Labute approximate surface area is 71.5 Å². The molecule has 0 saturated heterocycles. The van der Waals surface area contributed by atoms with Gasteiger partial charge in [0.1, 0.15) is 0 Å². The summed E-state index contributed by atoms with van der Waals surface area (Å²) in [5.41, 5.74) is 0.659. The van der Waals surface area contributed by atoms with Crippen LogP contribution in [0, 0.1) is 17.3 Å². The Bertz CT molecular complexity index is 149. The standard InChI is InChI=1S/C9H15Br/c1-9(2)6-3-4-8(10)7(9)5-6/h6-8H,3-5H2,1-2H3. The van der Waals surface area contributed by atoms with Crippen molar-refractivity contribution in [1.29, 1.82) is 0 Å². The zero-order chi connectivity index (χ0) is 7.35. The smallest absolute Gasteiger partial charge is 0.0179 e. The van der Waals surface area contributed by atoms with Crippen LogP contribution in [0.2, 0.25) is 0 Å². The largest absolute Gasteiger partial charge is 0.0887 e. The van der Waals surface area contributed by atoms with Gasteiger partial charge in [0, 0.05) is 4.83 Å². The zero-order valence-electron chi connectivity index (χ0n) is 6.73. The topological polar surface area (TPSA) is 0 Å². The van der Waals surface area contributed by atoms with Crippen molar-refractivity contribution >= 4 is 15.9 Å². The average molecular weight is 203 g/mol. The van der Waals surface area contributed by atoms with Gasteiger partial charge >= 0.3 is 0 Å². The summed E-state index contributed by atoms with van der Waals surface area (Å²) >= 11 is 3.77. The first-order chi connectivity index (χ1) is 4.62. The predicted octanol–water partition coefficient (Wildman–Crippen LogP) is 3.21. The van der Waals surface area contributed by atoms with Crippen LogP contribution in [-0.4, -0.2) is 4.83 Å². The molecule has 0 spiro atoms. The van der Waals surface area contributed by atoms with Gasteiger partial charge < -0.3 is 0 Å². The van der Waals surface area contributed by atoms with Crippen molar-refractivity contribution in [2.75, 3.05) is 0 Å². The second-order valence-corrected chi connectivity index (χ2v) is 5.63. The van der Waals surface area contributed by atoms with E-state index in [0.29, 0.717) is 5.41 Å². The molecule has 0 N–H and O–H groups in total. The second kappa shape index (κ2) is 2.00. The van der Waals surface area contributed by atoms with Gasteiger partial charge in [-0.1, -0.05) is 29.8 Å². The zero-order valence-corrected chi connectivity index (χ0v) is 8.32. The van der Waals surface area contributed by atoms with Gasteiger partial charge in [-0.05, 0) is 36.5 Å². The second-order valence-electron chi connectivity index (χ2n) is 4.45. The van der Waals surface area contributed by atoms with E-state index in [1.807, 2.05) is 0 Å². The van der Waals surface area contributed by atoms with Gasteiger partial charge in [0.25, 0.3) is 0 Å². The van der Waals surface area contributed by atoms with E-state index in [2.05, 4.69) is 29.8 Å². The molecule has 2 bridgehead atoms. The van der Waals surface area contributed by atoms with Crippen molar-refractivity contribution in [1.82, 2.24) is 0 Å². The maximum Gasteiger partial charge on any atom is 0.0179 e. The third kappa shape index (κ3) is 0.731. The number of halogens is 1. The van der Waals surface area contributed by atoms with Crippen LogP contribution < -0.4 is 0 Å². The summed E-state index contributed by atoms with van der Waals surface area (Å²) in [6.45, 7) is 4.86. The Hall–Kier alpha value is 0.480. The highest BCUT2D eigenvalue weighted by atomic mass is 79.9. The summed E-state index contributed by atoms with van der Waals surface area (Å²) in [6, 6.07) is 0. The molecule has 3 atom stereocenters. The van der Waals surface area contributed by atoms with Crippen LogP contribution in [0.5, 0.6) is 0 Å². The van der Waals surface area contributed by atoms with E-state index in [1.165, 1.54) is 19.3 Å². The molecule has 10 heavy (non-hydrogen) atoms. The molecule has 0 aliphatic heterocycles. The number of hydrogen-bond donors (Lipinski definition) is 0. The highest BCUT2D eigenvalue weighted by molar-refractivity contribution is 9.09. The first kappa shape index (κ1) is 7.15. The molecule has 0 amide bonds. The monoisotopic (exact) mass is 202 g/mol. The molecule has 1 heteroatoms. The highest BCUT2D eigenvalue weighted by Gasteiger charge is 2.53. The quantitative estimate of drug-likeness (QED) is 0.530. The van der Waals surface area contributed by atoms with Crippen molar-refractivity contribution in [3.05, 3.63) is 0 Å². The van der Waals surface area contributed by atoms with Crippen LogP contribution in [0.1, 0.15) is 33.1 Å². The van der Waals surface area contributed by atoms with Gasteiger partial charge in [0.2, 0.25) is 0 Å². The van der Waals surface area contributed by atoms with Crippen molar-refractivity contribution in [2.24, 2.45) is 17.3 Å². The number of fused-ring (bicyclic) bond motifs is 2. The third-order valence-corrected chi connectivity index (χ3v) is 4.87. The number of alkyl halides is 1. The van der Waals surface area contributed by atoms with E-state index >= 15 is 0 Å². The van der Waals surface area contributed by atoms with Crippen LogP contribution in [0.3, 0.4) is 0 Å². The molecule has 0 nitrogen and oxygen atoms in total. The Balaban J connectivity index is 2.16. The minimum atomic E-state index is 0.659. The van der Waals surface area contributed by atoms with Crippen LogP contribution in [0.4, 0.5) is 0 Å². The first-order valence-corrected chi connectivity index (χ1v) is 5.18. The van der Waals surface area contributed by atoms with E-state index in [1.54, 1.807) is 0 Å². The van der Waals surface area contributed by atoms with E-state index in [4.69, 9.17) is 0 Å². The Morgan fingerprint density at radius 1 is 1.30 bits per heavy atom. The number of rotatable bonds is 0. The molecule has 58 valence electrons. The van der Waals surface area contributed by atoms with Crippen LogP contribution in [-0.2, 0) is 0 Å². The summed E-state index contributed by atoms with van der Waals surface area (Å²) in [7, 11) is 0. The summed E-state index contributed by atoms with van der Waals surface area (Å²) in [6.07, 6.45) is 4.36. The van der Waals surface area contributed by atoms with Gasteiger partial charge in [0.05, 0.1) is 0 Å². The van der Waals surface area contributed by atoms with E-state index in [-0.39, 0.29) is 0 Å². The Morgan fingerprint density at radius 3 is 2.30 bits per heavy atom. The van der Waals surface area contributed by atoms with Crippen molar-refractivity contribution in [3.63, 3.8) is 0 Å². The molecular weight excluding hydrogens is 188 g/mol. The van der Waals surface area contributed by atoms with E-state index in [0.717, 1.165) is 16.7 Å². The van der Waals surface area contributed by atoms with Gasteiger partial charge in [-0.15, -0.1) is 0 Å². The lowest BCUT2D eigenvalue weighted by Gasteiger charge is -2.58. The van der Waals surface area contributed by atoms with E-state index in [9.17, 15) is 0 Å². The molecule has 3 saturated carbocycles. The summed E-state index contributed by atoms with van der Waals surface area (Å²) < 4.78 is 0. The molecule has 3 aliphatic carbocycles. The lowest BCUT2D eigenvalue weighted by atomic mass is 9.49. The SMILES string of the molecule is CC1(C)C2CCC(Br)C1C2. The molecule has 0 radical (unpaired) electrons. The van der Waals surface area contributed by atoms with Gasteiger partial charge in [-0.3, -0.25) is 0 Å². The Morgan fingerprint density at radius 2 is 2.00 bits per heavy atom. The molecule has 0 heterocycles. The fourth-order valence-corrected chi connectivity index (χ4v) is 3.88. The van der Waals surface area contributed by atoms with Crippen LogP contribution >= 0.6 is 15.9 Å². The van der Waals surface area contributed by atoms with Gasteiger partial charge in [-0.2, -0.15) is 0 Å². The summed E-state index contributed by atoms with van der Waals surface area (Å²) in [5, 5.41) is 0. The molecule has 0 aromatic carbocycles. The summed E-state index contributed by atoms with van der Waals surface area (Å²) in [5.74, 6) is 2.03. The molecular formula is C9H15Br. The van der Waals surface area contributed by atoms with Gasteiger partial charge in [-0.25, -0.2) is 0 Å². The summed E-state index contributed by atoms with van der Waals surface area (Å²) in [4.78, 5) is 0.826. The molecule has 3 unspecified atom stereocenters. The molecule has 0 aromatic heterocycles. The molecule has 3 fully saturated rings. The third-order valence-electron chi connectivity index (χ3n) is 3.77. The van der Waals surface area contributed by atoms with Gasteiger partial charge in [0.15, 0.2) is 0 Å². The van der Waals surface area contributed by atoms with Crippen LogP contribution in [0.25, 0.3) is 0 Å². The minimum Gasteiger partial charge on any atom is -0.0887 e. The maximum absolute atomic E-state index is 3.77. The normalized spacial score (nSPS) is 50.1. The van der Waals surface area contributed by atoms with Crippen molar-refractivity contribution in [2.45, 2.75) is 37.9 Å². The fourth-order valence-electron chi connectivity index (χ4n) is 2.72. The lowest BCUT2D eigenvalue weighted by molar-refractivity contribution is -0.0580. The van der Waals surface area contributed by atoms with E-state index < -0.39 is 0 Å². The maximum atomic E-state index is 3.77. The van der Waals surface area contributed by atoms with Crippen LogP contribution in [0.15, 0.2) is 0 Å². The number of hydrogen-bond acceptors (Lipinski definition) is 0. The lowest BCUT2D eigenvalue weighted by Crippen LogP contribution is -2.52. The highest BCUT2D eigenvalue weighted by Crippen LogP contribution is 2.60. The van der Waals surface area contributed by atoms with Crippen molar-refractivity contribution < 1.29 is 0 Å². The van der Waals surface area contributed by atoms with Crippen molar-refractivity contribution in [3.8, 4) is 0 Å². The molecule has 0 aromatic rings. The Kier molecular flexibility index (Phi) is 1.43. The molecule has 3 rings (SSSR count). The predicted molar refractivity (Wildman–Crippen MR) is 47.3 cm³/mol. The average Bonchev–Trinajstić information content (AvgIpc) is 1.87.